The number of amides is 1. The van der Waals surface area contributed by atoms with Gasteiger partial charge in [-0.25, -0.2) is 9.97 Å². The Morgan fingerprint density at radius 2 is 1.82 bits per heavy atom. The number of alkyl halides is 3. The standard InChI is InChI=1S/C23H19F3N4O3S/c1-14-6-8-15(9-7-14)27-19(31)10-20-28-16(13-34-20)12-33-21(32)11-30-18-5-3-2-4-17(18)29-22(30)23(24,25)26/h2-9,13H,10-12H2,1H3,(H,27,31). The molecule has 34 heavy (non-hydrogen) atoms. The van der Waals surface area contributed by atoms with Crippen LogP contribution in [0.1, 0.15) is 22.1 Å². The first kappa shape index (κ1) is 23.4. The van der Waals surface area contributed by atoms with Crippen LogP contribution in [0, 0.1) is 6.92 Å². The molecule has 0 saturated carbocycles. The molecule has 4 rings (SSSR count). The molecule has 0 unspecified atom stereocenters. The van der Waals surface area contributed by atoms with E-state index in [1.54, 1.807) is 29.6 Å². The van der Waals surface area contributed by atoms with Crippen molar-refractivity contribution >= 4 is 39.9 Å². The first-order chi connectivity index (χ1) is 16.2. The monoisotopic (exact) mass is 488 g/mol. The molecular formula is C23H19F3N4O3S. The minimum Gasteiger partial charge on any atom is -0.458 e. The minimum absolute atomic E-state index is 0.0441. The Morgan fingerprint density at radius 3 is 2.56 bits per heavy atom. The summed E-state index contributed by atoms with van der Waals surface area (Å²) in [4.78, 5) is 32.4. The number of hydrogen-bond acceptors (Lipinski definition) is 6. The summed E-state index contributed by atoms with van der Waals surface area (Å²) in [5, 5.41) is 4.93. The fraction of sp³-hybridized carbons (Fsp3) is 0.217. The second-order valence-electron chi connectivity index (χ2n) is 7.49. The third-order valence-corrected chi connectivity index (χ3v) is 5.72. The number of anilines is 1. The molecule has 2 aromatic carbocycles. The van der Waals surface area contributed by atoms with E-state index in [1.807, 2.05) is 19.1 Å². The van der Waals surface area contributed by atoms with Gasteiger partial charge < -0.3 is 14.6 Å². The van der Waals surface area contributed by atoms with Crippen LogP contribution in [0.3, 0.4) is 0 Å². The number of aromatic nitrogens is 3. The van der Waals surface area contributed by atoms with E-state index in [0.717, 1.165) is 10.1 Å². The molecule has 2 heterocycles. The molecule has 0 atom stereocenters. The SMILES string of the molecule is Cc1ccc(NC(=O)Cc2nc(COC(=O)Cn3c(C(F)(F)F)nc4ccccc43)cs2)cc1. The summed E-state index contributed by atoms with van der Waals surface area (Å²) in [5.74, 6) is -2.27. The Labute approximate surface area is 196 Å². The van der Waals surface area contributed by atoms with E-state index < -0.39 is 24.5 Å². The lowest BCUT2D eigenvalue weighted by molar-refractivity contribution is -0.151. The highest BCUT2D eigenvalue weighted by molar-refractivity contribution is 7.09. The van der Waals surface area contributed by atoms with E-state index in [1.165, 1.54) is 23.5 Å². The zero-order chi connectivity index (χ0) is 24.3. The molecule has 1 N–H and O–H groups in total. The molecule has 0 fully saturated rings. The van der Waals surface area contributed by atoms with Gasteiger partial charge in [0, 0.05) is 11.1 Å². The first-order valence-corrected chi connectivity index (χ1v) is 11.0. The third kappa shape index (κ3) is 5.60. The molecule has 0 aliphatic heterocycles. The number of halogens is 3. The number of benzene rings is 2. The van der Waals surface area contributed by atoms with Crippen LogP contribution < -0.4 is 5.32 Å². The Hall–Kier alpha value is -3.73. The molecule has 0 aliphatic rings. The number of nitrogens with one attached hydrogen (secondary N) is 1. The van der Waals surface area contributed by atoms with Crippen LogP contribution >= 0.6 is 11.3 Å². The van der Waals surface area contributed by atoms with E-state index in [2.05, 4.69) is 15.3 Å². The fourth-order valence-corrected chi connectivity index (χ4v) is 4.03. The number of thiazole rings is 1. The van der Waals surface area contributed by atoms with Crippen LogP contribution in [0.25, 0.3) is 11.0 Å². The van der Waals surface area contributed by atoms with Crippen LogP contribution in [-0.4, -0.2) is 26.4 Å². The van der Waals surface area contributed by atoms with Crippen molar-refractivity contribution in [3.05, 3.63) is 76.0 Å². The summed E-state index contributed by atoms with van der Waals surface area (Å²) in [6.45, 7) is 1.08. The van der Waals surface area contributed by atoms with Gasteiger partial charge in [-0.1, -0.05) is 29.8 Å². The van der Waals surface area contributed by atoms with E-state index in [-0.39, 0.29) is 30.0 Å². The third-order valence-electron chi connectivity index (χ3n) is 4.82. The van der Waals surface area contributed by atoms with E-state index in [0.29, 0.717) is 16.4 Å². The van der Waals surface area contributed by atoms with Crippen molar-refractivity contribution in [2.24, 2.45) is 0 Å². The molecule has 11 heteroatoms. The number of esters is 1. The summed E-state index contributed by atoms with van der Waals surface area (Å²) in [7, 11) is 0. The number of carbonyl (C=O) groups is 2. The fourth-order valence-electron chi connectivity index (χ4n) is 3.26. The van der Waals surface area contributed by atoms with E-state index in [4.69, 9.17) is 4.74 Å². The van der Waals surface area contributed by atoms with Crippen LogP contribution in [0.4, 0.5) is 18.9 Å². The molecule has 4 aromatic rings. The molecule has 0 saturated heterocycles. The van der Waals surface area contributed by atoms with Gasteiger partial charge in [-0.3, -0.25) is 9.59 Å². The molecular weight excluding hydrogens is 469 g/mol. The number of fused-ring (bicyclic) bond motifs is 1. The lowest BCUT2D eigenvalue weighted by Gasteiger charge is -2.11. The van der Waals surface area contributed by atoms with Crippen molar-refractivity contribution in [1.29, 1.82) is 0 Å². The van der Waals surface area contributed by atoms with Crippen molar-refractivity contribution in [1.82, 2.24) is 14.5 Å². The maximum absolute atomic E-state index is 13.4. The summed E-state index contributed by atoms with van der Waals surface area (Å²) < 4.78 is 46.0. The predicted octanol–water partition coefficient (Wildman–Crippen LogP) is 4.74. The number of imidazole rings is 1. The van der Waals surface area contributed by atoms with Gasteiger partial charge in [0.2, 0.25) is 11.7 Å². The average molecular weight is 488 g/mol. The predicted molar refractivity (Wildman–Crippen MR) is 120 cm³/mol. The second kappa shape index (κ2) is 9.64. The molecule has 0 bridgehead atoms. The number of nitrogens with zero attached hydrogens (tertiary/aromatic N) is 3. The zero-order valence-electron chi connectivity index (χ0n) is 17.9. The van der Waals surface area contributed by atoms with Crippen LogP contribution in [0.5, 0.6) is 0 Å². The van der Waals surface area contributed by atoms with Crippen molar-refractivity contribution < 1.29 is 27.5 Å². The van der Waals surface area contributed by atoms with Crippen molar-refractivity contribution in [2.45, 2.75) is 32.7 Å². The highest BCUT2D eigenvalue weighted by atomic mass is 32.1. The largest absolute Gasteiger partial charge is 0.458 e. The normalized spacial score (nSPS) is 11.5. The molecule has 0 spiro atoms. The second-order valence-corrected chi connectivity index (χ2v) is 8.43. The molecule has 0 radical (unpaired) electrons. The average Bonchev–Trinajstić information content (AvgIpc) is 3.38. The van der Waals surface area contributed by atoms with Gasteiger partial charge in [-0.2, -0.15) is 13.2 Å². The lowest BCUT2D eigenvalue weighted by Crippen LogP contribution is -2.20. The number of para-hydroxylation sites is 2. The van der Waals surface area contributed by atoms with Crippen LogP contribution in [0.2, 0.25) is 0 Å². The number of ether oxygens (including phenoxy) is 1. The highest BCUT2D eigenvalue weighted by Gasteiger charge is 2.38. The minimum atomic E-state index is -4.72. The summed E-state index contributed by atoms with van der Waals surface area (Å²) in [5.41, 5.74) is 2.47. The Morgan fingerprint density at radius 1 is 1.09 bits per heavy atom. The number of carbonyl (C=O) groups excluding carboxylic acids is 2. The maximum Gasteiger partial charge on any atom is 0.449 e. The Balaban J connectivity index is 1.35. The van der Waals surface area contributed by atoms with Gasteiger partial charge in [0.25, 0.3) is 0 Å². The smallest absolute Gasteiger partial charge is 0.449 e. The summed E-state index contributed by atoms with van der Waals surface area (Å²) in [6, 6.07) is 13.4. The summed E-state index contributed by atoms with van der Waals surface area (Å²) >= 11 is 1.23. The van der Waals surface area contributed by atoms with Gasteiger partial charge in [0.1, 0.15) is 18.2 Å². The molecule has 7 nitrogen and oxygen atoms in total. The molecule has 176 valence electrons. The molecule has 1 amide bonds. The van der Waals surface area contributed by atoms with Crippen molar-refractivity contribution in [3.8, 4) is 0 Å². The van der Waals surface area contributed by atoms with Crippen molar-refractivity contribution in [2.75, 3.05) is 5.32 Å². The van der Waals surface area contributed by atoms with Gasteiger partial charge in [-0.05, 0) is 31.2 Å². The van der Waals surface area contributed by atoms with Gasteiger partial charge in [0.15, 0.2) is 0 Å². The topological polar surface area (TPSA) is 86.1 Å². The van der Waals surface area contributed by atoms with Gasteiger partial charge in [-0.15, -0.1) is 11.3 Å². The Bertz CT molecular complexity index is 1330. The maximum atomic E-state index is 13.4. The summed E-state index contributed by atoms with van der Waals surface area (Å²) in [6.07, 6.45) is -4.68. The van der Waals surface area contributed by atoms with E-state index in [9.17, 15) is 22.8 Å². The zero-order valence-corrected chi connectivity index (χ0v) is 18.7. The van der Waals surface area contributed by atoms with Crippen LogP contribution in [0.15, 0.2) is 53.9 Å². The number of hydrogen-bond donors (Lipinski definition) is 1. The van der Waals surface area contributed by atoms with Crippen molar-refractivity contribution in [3.63, 3.8) is 0 Å². The number of rotatable bonds is 7. The highest BCUT2D eigenvalue weighted by Crippen LogP contribution is 2.31. The lowest BCUT2D eigenvalue weighted by atomic mass is 10.2. The number of aryl methyl sites for hydroxylation is 1. The van der Waals surface area contributed by atoms with Gasteiger partial charge in [0.05, 0.1) is 23.1 Å². The Kier molecular flexibility index (Phi) is 6.64. The molecule has 2 aromatic heterocycles. The quantitative estimate of drug-likeness (QED) is 0.380. The van der Waals surface area contributed by atoms with E-state index >= 15 is 0 Å². The van der Waals surface area contributed by atoms with Crippen LogP contribution in [-0.2, 0) is 40.1 Å². The first-order valence-electron chi connectivity index (χ1n) is 10.2. The van der Waals surface area contributed by atoms with Gasteiger partial charge >= 0.3 is 12.1 Å². The molecule has 0 aliphatic carbocycles.